The van der Waals surface area contributed by atoms with Crippen LogP contribution in [0.3, 0.4) is 0 Å². The summed E-state index contributed by atoms with van der Waals surface area (Å²) in [4.78, 5) is 0. The van der Waals surface area contributed by atoms with Crippen molar-refractivity contribution in [2.75, 3.05) is 23.6 Å². The fourth-order valence-corrected chi connectivity index (χ4v) is 4.26. The van der Waals surface area contributed by atoms with Gasteiger partial charge in [-0.15, -0.1) is 0 Å². The molecule has 0 atom stereocenters. The van der Waals surface area contributed by atoms with Gasteiger partial charge in [0.25, 0.3) is 0 Å². The summed E-state index contributed by atoms with van der Waals surface area (Å²) in [5, 5.41) is 0. The van der Waals surface area contributed by atoms with Crippen LogP contribution in [0.4, 0.5) is 5.69 Å². The van der Waals surface area contributed by atoms with Crippen molar-refractivity contribution in [1.29, 1.82) is 0 Å². The molecule has 3 N–H and O–H groups in total. The second-order valence-electron chi connectivity index (χ2n) is 5.52. The van der Waals surface area contributed by atoms with Crippen LogP contribution in [0.2, 0.25) is 0 Å². The molecule has 0 radical (unpaired) electrons. The highest BCUT2D eigenvalue weighted by Gasteiger charge is 2.22. The van der Waals surface area contributed by atoms with Gasteiger partial charge in [-0.25, -0.2) is 8.42 Å². The molecule has 6 heteroatoms. The smallest absolute Gasteiger partial charge is 0.233 e. The summed E-state index contributed by atoms with van der Waals surface area (Å²) in [6, 6.07) is 7.05. The lowest BCUT2D eigenvalue weighted by molar-refractivity contribution is 0.330. The predicted molar refractivity (Wildman–Crippen MR) is 85.0 cm³/mol. The van der Waals surface area contributed by atoms with Gasteiger partial charge in [-0.3, -0.25) is 4.72 Å². The molecule has 0 heterocycles. The van der Waals surface area contributed by atoms with Crippen LogP contribution in [0.15, 0.2) is 24.3 Å². The molecule has 0 aromatic heterocycles. The molecule has 2 rings (SSSR count). The van der Waals surface area contributed by atoms with Crippen LogP contribution in [-0.4, -0.2) is 27.3 Å². The Morgan fingerprint density at radius 3 is 2.62 bits per heavy atom. The van der Waals surface area contributed by atoms with Crippen molar-refractivity contribution < 1.29 is 13.2 Å². The molecule has 0 unspecified atom stereocenters. The largest absolute Gasteiger partial charge is 0.490 e. The number of hydrogen-bond acceptors (Lipinski definition) is 4. The van der Waals surface area contributed by atoms with Crippen molar-refractivity contribution in [3.63, 3.8) is 0 Å². The highest BCUT2D eigenvalue weighted by atomic mass is 32.2. The molecule has 118 valence electrons. The zero-order chi connectivity index (χ0) is 15.1. The van der Waals surface area contributed by atoms with Crippen LogP contribution in [-0.2, 0) is 10.0 Å². The van der Waals surface area contributed by atoms with Gasteiger partial charge >= 0.3 is 0 Å². The minimum absolute atomic E-state index is 0.193. The van der Waals surface area contributed by atoms with E-state index < -0.39 is 10.0 Å². The van der Waals surface area contributed by atoms with Crippen molar-refractivity contribution in [3.8, 4) is 5.75 Å². The Morgan fingerprint density at radius 2 is 1.90 bits per heavy atom. The minimum Gasteiger partial charge on any atom is -0.490 e. The first-order chi connectivity index (χ1) is 10.1. The molecule has 1 aliphatic carbocycles. The third-order valence-electron chi connectivity index (χ3n) is 3.71. The highest BCUT2D eigenvalue weighted by molar-refractivity contribution is 7.92. The summed E-state index contributed by atoms with van der Waals surface area (Å²) < 4.78 is 32.7. The summed E-state index contributed by atoms with van der Waals surface area (Å²) in [6.45, 7) is 0.754. The van der Waals surface area contributed by atoms with Gasteiger partial charge in [-0.2, -0.15) is 0 Å². The molecular weight excluding hydrogens is 288 g/mol. The van der Waals surface area contributed by atoms with Gasteiger partial charge in [0.05, 0.1) is 11.4 Å². The molecule has 0 amide bonds. The monoisotopic (exact) mass is 312 g/mol. The first kappa shape index (κ1) is 16.1. The van der Waals surface area contributed by atoms with Crippen LogP contribution >= 0.6 is 0 Å². The maximum absolute atomic E-state index is 12.3. The van der Waals surface area contributed by atoms with E-state index in [0.717, 1.165) is 25.7 Å². The number of benzene rings is 1. The van der Waals surface area contributed by atoms with Crippen molar-refractivity contribution in [2.45, 2.75) is 32.1 Å². The van der Waals surface area contributed by atoms with Crippen LogP contribution in [0.1, 0.15) is 32.1 Å². The van der Waals surface area contributed by atoms with E-state index >= 15 is 0 Å². The highest BCUT2D eigenvalue weighted by Crippen LogP contribution is 2.28. The van der Waals surface area contributed by atoms with E-state index in [2.05, 4.69) is 4.72 Å². The molecule has 0 aliphatic heterocycles. The summed E-state index contributed by atoms with van der Waals surface area (Å²) in [5.74, 6) is 0.988. The Morgan fingerprint density at radius 1 is 1.19 bits per heavy atom. The van der Waals surface area contributed by atoms with Gasteiger partial charge < -0.3 is 10.5 Å². The Balaban J connectivity index is 2.01. The molecule has 21 heavy (non-hydrogen) atoms. The third-order valence-corrected chi connectivity index (χ3v) is 5.15. The Hall–Kier alpha value is -1.27. The quantitative estimate of drug-likeness (QED) is 0.809. The second-order valence-corrected chi connectivity index (χ2v) is 7.29. The van der Waals surface area contributed by atoms with Crippen molar-refractivity contribution in [1.82, 2.24) is 0 Å². The van der Waals surface area contributed by atoms with Gasteiger partial charge in [0, 0.05) is 6.54 Å². The SMILES string of the molecule is NCCOc1ccccc1NS(=O)(=O)CC1CCCCC1. The number of nitrogens with one attached hydrogen (secondary N) is 1. The minimum atomic E-state index is -3.34. The van der Waals surface area contributed by atoms with Crippen molar-refractivity contribution >= 4 is 15.7 Å². The number of hydrogen-bond donors (Lipinski definition) is 2. The lowest BCUT2D eigenvalue weighted by Gasteiger charge is -2.22. The molecule has 0 bridgehead atoms. The number of ether oxygens (including phenoxy) is 1. The zero-order valence-corrected chi connectivity index (χ0v) is 13.1. The Kier molecular flexibility index (Phi) is 5.87. The van der Waals surface area contributed by atoms with Crippen LogP contribution < -0.4 is 15.2 Å². The molecule has 0 saturated heterocycles. The number of rotatable bonds is 7. The summed E-state index contributed by atoms with van der Waals surface area (Å²) in [6.07, 6.45) is 5.50. The second kappa shape index (κ2) is 7.66. The topological polar surface area (TPSA) is 81.4 Å². The fraction of sp³-hybridized carbons (Fsp3) is 0.600. The van der Waals surface area contributed by atoms with E-state index in [1.165, 1.54) is 6.42 Å². The third kappa shape index (κ3) is 5.21. The molecule has 1 saturated carbocycles. The maximum Gasteiger partial charge on any atom is 0.233 e. The maximum atomic E-state index is 12.3. The van der Waals surface area contributed by atoms with E-state index in [4.69, 9.17) is 10.5 Å². The average Bonchev–Trinajstić information content (AvgIpc) is 2.46. The van der Waals surface area contributed by atoms with Gasteiger partial charge in [0.1, 0.15) is 12.4 Å². The predicted octanol–water partition coefficient (Wildman–Crippen LogP) is 2.35. The summed E-state index contributed by atoms with van der Waals surface area (Å²) >= 11 is 0. The summed E-state index contributed by atoms with van der Waals surface area (Å²) in [5.41, 5.74) is 5.90. The van der Waals surface area contributed by atoms with Crippen LogP contribution in [0, 0.1) is 5.92 Å². The van der Waals surface area contributed by atoms with E-state index in [-0.39, 0.29) is 11.7 Å². The van der Waals surface area contributed by atoms with Crippen molar-refractivity contribution in [2.24, 2.45) is 11.7 Å². The lowest BCUT2D eigenvalue weighted by Crippen LogP contribution is -2.24. The molecule has 1 aromatic rings. The first-order valence-electron chi connectivity index (χ1n) is 7.53. The van der Waals surface area contributed by atoms with Gasteiger partial charge in [0.15, 0.2) is 0 Å². The lowest BCUT2D eigenvalue weighted by atomic mass is 9.91. The van der Waals surface area contributed by atoms with E-state index in [0.29, 0.717) is 24.6 Å². The van der Waals surface area contributed by atoms with E-state index in [1.54, 1.807) is 18.2 Å². The number of sulfonamides is 1. The molecule has 5 nitrogen and oxygen atoms in total. The van der Waals surface area contributed by atoms with Crippen LogP contribution in [0.5, 0.6) is 5.75 Å². The molecular formula is C15H24N2O3S. The Labute approximate surface area is 126 Å². The molecule has 0 spiro atoms. The molecule has 1 fully saturated rings. The van der Waals surface area contributed by atoms with Crippen molar-refractivity contribution in [3.05, 3.63) is 24.3 Å². The normalized spacial score (nSPS) is 16.6. The number of anilines is 1. The average molecular weight is 312 g/mol. The van der Waals surface area contributed by atoms with E-state index in [9.17, 15) is 8.42 Å². The standard InChI is InChI=1S/C15H24N2O3S/c16-10-11-20-15-9-5-4-8-14(15)17-21(18,19)12-13-6-2-1-3-7-13/h4-5,8-9,13,17H,1-3,6-7,10-12,16H2. The zero-order valence-electron chi connectivity index (χ0n) is 12.3. The fourth-order valence-electron chi connectivity index (χ4n) is 2.72. The molecule has 1 aromatic carbocycles. The molecule has 1 aliphatic rings. The Bertz CT molecular complexity index is 540. The van der Waals surface area contributed by atoms with E-state index in [1.807, 2.05) is 6.07 Å². The number of nitrogens with two attached hydrogens (primary N) is 1. The van der Waals surface area contributed by atoms with Gasteiger partial charge in [0.2, 0.25) is 10.0 Å². The van der Waals surface area contributed by atoms with Crippen LogP contribution in [0.25, 0.3) is 0 Å². The van der Waals surface area contributed by atoms with Gasteiger partial charge in [-0.05, 0) is 30.9 Å². The summed E-state index contributed by atoms with van der Waals surface area (Å²) in [7, 11) is -3.34. The first-order valence-corrected chi connectivity index (χ1v) is 9.18. The van der Waals surface area contributed by atoms with Gasteiger partial charge in [-0.1, -0.05) is 31.4 Å². The number of para-hydroxylation sites is 2.